The molecule has 4 N–H and O–H groups in total. The number of hydrogen-bond acceptors (Lipinski definition) is 3. The van der Waals surface area contributed by atoms with Gasteiger partial charge in [0.2, 0.25) is 0 Å². The lowest BCUT2D eigenvalue weighted by Gasteiger charge is -2.15. The Hall–Kier alpha value is -1.75. The Balaban J connectivity index is 2.83. The van der Waals surface area contributed by atoms with Crippen LogP contribution in [0.3, 0.4) is 0 Å². The molecule has 0 aliphatic carbocycles. The molecule has 1 unspecified atom stereocenters. The van der Waals surface area contributed by atoms with Crippen LogP contribution in [0.2, 0.25) is 5.02 Å². The number of nitrogens with two attached hydrogens (primary N) is 1. The van der Waals surface area contributed by atoms with Gasteiger partial charge in [0.25, 0.3) is 5.91 Å². The summed E-state index contributed by atoms with van der Waals surface area (Å²) in [5, 5.41) is 12.4. The molecule has 1 rings (SSSR count). The molecule has 1 aromatic rings. The van der Waals surface area contributed by atoms with Crippen LogP contribution >= 0.6 is 11.6 Å². The summed E-state index contributed by atoms with van der Waals surface area (Å²) >= 11 is 5.85. The predicted molar refractivity (Wildman–Crippen MR) is 74.5 cm³/mol. The van der Waals surface area contributed by atoms with Crippen molar-refractivity contribution in [1.29, 1.82) is 0 Å². The number of nitrogens with one attached hydrogen (secondary N) is 1. The van der Waals surface area contributed by atoms with Crippen LogP contribution in [-0.2, 0) is 4.79 Å². The van der Waals surface area contributed by atoms with Gasteiger partial charge in [-0.05, 0) is 24.6 Å². The second-order valence-corrected chi connectivity index (χ2v) is 4.70. The molecule has 0 heterocycles. The molecule has 1 amide bonds. The van der Waals surface area contributed by atoms with Gasteiger partial charge < -0.3 is 16.2 Å². The molecule has 6 heteroatoms. The Morgan fingerprint density at radius 1 is 1.47 bits per heavy atom. The fourth-order valence-electron chi connectivity index (χ4n) is 1.77. The Bertz CT molecular complexity index is 477. The fraction of sp³-hybridized carbons (Fsp3) is 0.385. The lowest BCUT2D eigenvalue weighted by Crippen LogP contribution is -2.24. The Kier molecular flexibility index (Phi) is 5.63. The first-order chi connectivity index (χ1) is 8.95. The van der Waals surface area contributed by atoms with Gasteiger partial charge >= 0.3 is 5.97 Å². The van der Waals surface area contributed by atoms with Crippen LogP contribution in [0.4, 0.5) is 5.69 Å². The van der Waals surface area contributed by atoms with Crippen molar-refractivity contribution in [3.05, 3.63) is 28.8 Å². The zero-order valence-electron chi connectivity index (χ0n) is 10.6. The molecule has 0 bridgehead atoms. The van der Waals surface area contributed by atoms with Crippen molar-refractivity contribution < 1.29 is 14.7 Å². The molecule has 0 aliphatic rings. The number of halogens is 1. The van der Waals surface area contributed by atoms with E-state index in [1.165, 1.54) is 6.07 Å². The van der Waals surface area contributed by atoms with Gasteiger partial charge in [-0.1, -0.05) is 24.9 Å². The van der Waals surface area contributed by atoms with Crippen LogP contribution < -0.4 is 11.1 Å². The van der Waals surface area contributed by atoms with Crippen LogP contribution in [0.1, 0.15) is 30.1 Å². The van der Waals surface area contributed by atoms with Crippen molar-refractivity contribution in [2.24, 2.45) is 11.7 Å². The molecular formula is C13H17ClN2O3. The zero-order valence-corrected chi connectivity index (χ0v) is 11.4. The SMILES string of the molecule is CCCC(CNc1cc(Cl)ccc1C(N)=O)C(=O)O. The summed E-state index contributed by atoms with van der Waals surface area (Å²) < 4.78 is 0. The molecule has 0 spiro atoms. The van der Waals surface area contributed by atoms with Gasteiger partial charge in [0.1, 0.15) is 0 Å². The number of amides is 1. The summed E-state index contributed by atoms with van der Waals surface area (Å²) in [6, 6.07) is 4.64. The van der Waals surface area contributed by atoms with E-state index in [9.17, 15) is 9.59 Å². The third kappa shape index (κ3) is 4.44. The van der Waals surface area contributed by atoms with Crippen LogP contribution in [0.15, 0.2) is 18.2 Å². The van der Waals surface area contributed by atoms with E-state index in [1.54, 1.807) is 12.1 Å². The first kappa shape index (κ1) is 15.3. The van der Waals surface area contributed by atoms with E-state index < -0.39 is 17.8 Å². The number of carbonyl (C=O) groups excluding carboxylic acids is 1. The number of aliphatic carboxylic acids is 1. The van der Waals surface area contributed by atoms with Gasteiger partial charge in [-0.2, -0.15) is 0 Å². The Morgan fingerprint density at radius 3 is 2.68 bits per heavy atom. The monoisotopic (exact) mass is 284 g/mol. The lowest BCUT2D eigenvalue weighted by atomic mass is 10.0. The van der Waals surface area contributed by atoms with Crippen molar-refractivity contribution in [2.45, 2.75) is 19.8 Å². The number of rotatable bonds is 7. The minimum absolute atomic E-state index is 0.226. The molecule has 0 fully saturated rings. The van der Waals surface area contributed by atoms with Gasteiger partial charge in [-0.15, -0.1) is 0 Å². The molecule has 1 aromatic carbocycles. The third-order valence-corrected chi connectivity index (χ3v) is 3.01. The van der Waals surface area contributed by atoms with E-state index in [2.05, 4.69) is 5.32 Å². The highest BCUT2D eigenvalue weighted by Crippen LogP contribution is 2.21. The molecule has 0 aliphatic heterocycles. The highest BCUT2D eigenvalue weighted by atomic mass is 35.5. The van der Waals surface area contributed by atoms with E-state index in [1.807, 2.05) is 6.92 Å². The smallest absolute Gasteiger partial charge is 0.308 e. The first-order valence-corrected chi connectivity index (χ1v) is 6.39. The first-order valence-electron chi connectivity index (χ1n) is 6.01. The molecular weight excluding hydrogens is 268 g/mol. The number of carboxylic acid groups (broad SMARTS) is 1. The van der Waals surface area contributed by atoms with Crippen molar-refractivity contribution in [3.63, 3.8) is 0 Å². The second kappa shape index (κ2) is 6.99. The average Bonchev–Trinajstić information content (AvgIpc) is 2.33. The van der Waals surface area contributed by atoms with Gasteiger partial charge in [-0.3, -0.25) is 9.59 Å². The maximum absolute atomic E-state index is 11.3. The van der Waals surface area contributed by atoms with Gasteiger partial charge in [0.05, 0.1) is 11.5 Å². The maximum atomic E-state index is 11.3. The quantitative estimate of drug-likeness (QED) is 0.716. The fourth-order valence-corrected chi connectivity index (χ4v) is 1.94. The summed E-state index contributed by atoms with van der Waals surface area (Å²) in [6.45, 7) is 2.15. The largest absolute Gasteiger partial charge is 0.481 e. The molecule has 0 aromatic heterocycles. The predicted octanol–water partition coefficient (Wildman–Crippen LogP) is 2.35. The highest BCUT2D eigenvalue weighted by molar-refractivity contribution is 6.31. The van der Waals surface area contributed by atoms with Crippen LogP contribution in [0.25, 0.3) is 0 Å². The van der Waals surface area contributed by atoms with Crippen molar-refractivity contribution >= 4 is 29.2 Å². The molecule has 19 heavy (non-hydrogen) atoms. The minimum atomic E-state index is -0.864. The van der Waals surface area contributed by atoms with E-state index in [4.69, 9.17) is 22.4 Å². The summed E-state index contributed by atoms with van der Waals surface area (Å²) in [7, 11) is 0. The number of anilines is 1. The number of hydrogen-bond donors (Lipinski definition) is 3. The van der Waals surface area contributed by atoms with E-state index in [0.29, 0.717) is 22.7 Å². The van der Waals surface area contributed by atoms with Crippen LogP contribution in [-0.4, -0.2) is 23.5 Å². The second-order valence-electron chi connectivity index (χ2n) is 4.26. The molecule has 1 atom stereocenters. The molecule has 104 valence electrons. The summed E-state index contributed by atoms with van der Waals surface area (Å²) in [4.78, 5) is 22.3. The maximum Gasteiger partial charge on any atom is 0.308 e. The van der Waals surface area contributed by atoms with E-state index in [0.717, 1.165) is 6.42 Å². The van der Waals surface area contributed by atoms with Gasteiger partial charge in [0.15, 0.2) is 0 Å². The van der Waals surface area contributed by atoms with Crippen molar-refractivity contribution in [2.75, 3.05) is 11.9 Å². The van der Waals surface area contributed by atoms with E-state index >= 15 is 0 Å². The highest BCUT2D eigenvalue weighted by Gasteiger charge is 2.17. The number of benzene rings is 1. The van der Waals surface area contributed by atoms with Crippen molar-refractivity contribution in [3.8, 4) is 0 Å². The van der Waals surface area contributed by atoms with Crippen molar-refractivity contribution in [1.82, 2.24) is 0 Å². The normalized spacial score (nSPS) is 11.9. The standard InChI is InChI=1S/C13H17ClN2O3/c1-2-3-8(13(18)19)7-16-11-6-9(14)4-5-10(11)12(15)17/h4-6,8,16H,2-3,7H2,1H3,(H2,15,17)(H,18,19). The molecule has 0 radical (unpaired) electrons. The van der Waals surface area contributed by atoms with E-state index in [-0.39, 0.29) is 6.54 Å². The summed E-state index contributed by atoms with van der Waals surface area (Å²) in [6.07, 6.45) is 1.34. The third-order valence-electron chi connectivity index (χ3n) is 2.77. The molecule has 0 saturated carbocycles. The average molecular weight is 285 g/mol. The number of primary amides is 1. The molecule has 5 nitrogen and oxygen atoms in total. The van der Waals surface area contributed by atoms with Gasteiger partial charge in [0, 0.05) is 17.3 Å². The molecule has 0 saturated heterocycles. The number of carboxylic acids is 1. The Morgan fingerprint density at radius 2 is 2.16 bits per heavy atom. The lowest BCUT2D eigenvalue weighted by molar-refractivity contribution is -0.141. The van der Waals surface area contributed by atoms with Gasteiger partial charge in [-0.25, -0.2) is 0 Å². The Labute approximate surface area is 116 Å². The summed E-state index contributed by atoms with van der Waals surface area (Å²) in [5.41, 5.74) is 6.01. The summed E-state index contributed by atoms with van der Waals surface area (Å²) in [5.74, 6) is -1.96. The van der Waals surface area contributed by atoms with Crippen LogP contribution in [0, 0.1) is 5.92 Å². The zero-order chi connectivity index (χ0) is 14.4. The van der Waals surface area contributed by atoms with Crippen LogP contribution in [0.5, 0.6) is 0 Å². The number of carbonyl (C=O) groups is 2. The topological polar surface area (TPSA) is 92.4 Å². The minimum Gasteiger partial charge on any atom is -0.481 e.